The van der Waals surface area contributed by atoms with Crippen LogP contribution in [0.3, 0.4) is 0 Å². The van der Waals surface area contributed by atoms with E-state index in [-0.39, 0.29) is 24.2 Å². The van der Waals surface area contributed by atoms with Crippen LogP contribution in [0.1, 0.15) is 49.6 Å². The number of aromatic nitrogens is 1. The molecule has 1 unspecified atom stereocenters. The Labute approximate surface area is 122 Å². The SMILES string of the molecule is O=C(NC1CCC(O)CC1)NC(c1nccs1)C1CC1. The summed E-state index contributed by atoms with van der Waals surface area (Å²) in [4.78, 5) is 16.5. The molecule has 0 aromatic carbocycles. The number of hydrogen-bond acceptors (Lipinski definition) is 4. The van der Waals surface area contributed by atoms with E-state index in [1.807, 2.05) is 5.38 Å². The van der Waals surface area contributed by atoms with Crippen LogP contribution in [0.15, 0.2) is 11.6 Å². The summed E-state index contributed by atoms with van der Waals surface area (Å²) in [6.45, 7) is 0. The van der Waals surface area contributed by atoms with Crippen molar-refractivity contribution in [2.75, 3.05) is 0 Å². The third kappa shape index (κ3) is 3.49. The molecule has 2 fully saturated rings. The number of carbonyl (C=O) groups excluding carboxylic acids is 1. The molecule has 20 heavy (non-hydrogen) atoms. The van der Waals surface area contributed by atoms with Crippen molar-refractivity contribution in [1.29, 1.82) is 0 Å². The summed E-state index contributed by atoms with van der Waals surface area (Å²) in [6.07, 6.45) is 7.22. The molecule has 110 valence electrons. The Bertz CT molecular complexity index is 439. The van der Waals surface area contributed by atoms with Crippen molar-refractivity contribution in [3.63, 3.8) is 0 Å². The highest BCUT2D eigenvalue weighted by atomic mass is 32.1. The quantitative estimate of drug-likeness (QED) is 0.797. The number of aliphatic hydroxyl groups excluding tert-OH is 1. The normalized spacial score (nSPS) is 27.9. The zero-order chi connectivity index (χ0) is 13.9. The number of rotatable bonds is 4. The summed E-state index contributed by atoms with van der Waals surface area (Å²) < 4.78 is 0. The zero-order valence-electron chi connectivity index (χ0n) is 11.4. The van der Waals surface area contributed by atoms with Crippen molar-refractivity contribution in [2.24, 2.45) is 5.92 Å². The average Bonchev–Trinajstić information content (AvgIpc) is 3.13. The first-order chi connectivity index (χ1) is 9.72. The maximum atomic E-state index is 12.1. The summed E-state index contributed by atoms with van der Waals surface area (Å²) >= 11 is 1.60. The lowest BCUT2D eigenvalue weighted by Crippen LogP contribution is -2.45. The van der Waals surface area contributed by atoms with Crippen LogP contribution < -0.4 is 10.6 Å². The molecule has 0 spiro atoms. The van der Waals surface area contributed by atoms with Gasteiger partial charge in [0.05, 0.1) is 12.1 Å². The van der Waals surface area contributed by atoms with Crippen molar-refractivity contribution >= 4 is 17.4 Å². The van der Waals surface area contributed by atoms with Gasteiger partial charge in [0, 0.05) is 17.6 Å². The number of aliphatic hydroxyl groups is 1. The van der Waals surface area contributed by atoms with Crippen molar-refractivity contribution in [3.8, 4) is 0 Å². The minimum atomic E-state index is -0.189. The van der Waals surface area contributed by atoms with Crippen LogP contribution in [0.5, 0.6) is 0 Å². The van der Waals surface area contributed by atoms with E-state index < -0.39 is 0 Å². The molecular weight excluding hydrogens is 274 g/mol. The second-order valence-electron chi connectivity index (χ2n) is 5.81. The molecule has 1 aromatic heterocycles. The number of carbonyl (C=O) groups is 1. The van der Waals surface area contributed by atoms with Gasteiger partial charge in [0.25, 0.3) is 0 Å². The fourth-order valence-corrected chi connectivity index (χ4v) is 3.57. The Hall–Kier alpha value is -1.14. The van der Waals surface area contributed by atoms with Crippen LogP contribution in [0.4, 0.5) is 4.79 Å². The lowest BCUT2D eigenvalue weighted by Gasteiger charge is -2.27. The van der Waals surface area contributed by atoms with E-state index in [2.05, 4.69) is 15.6 Å². The molecule has 1 atom stereocenters. The van der Waals surface area contributed by atoms with Crippen LogP contribution >= 0.6 is 11.3 Å². The minimum absolute atomic E-state index is 0.0594. The van der Waals surface area contributed by atoms with Crippen LogP contribution in [0.2, 0.25) is 0 Å². The summed E-state index contributed by atoms with van der Waals surface area (Å²) in [7, 11) is 0. The van der Waals surface area contributed by atoms with Crippen LogP contribution in [-0.2, 0) is 0 Å². The molecule has 6 heteroatoms. The molecule has 2 amide bonds. The fraction of sp³-hybridized carbons (Fsp3) is 0.714. The van der Waals surface area contributed by atoms with Gasteiger partial charge >= 0.3 is 6.03 Å². The third-order valence-corrected chi connectivity index (χ3v) is 4.99. The highest BCUT2D eigenvalue weighted by Crippen LogP contribution is 2.41. The number of nitrogens with zero attached hydrogens (tertiary/aromatic N) is 1. The largest absolute Gasteiger partial charge is 0.393 e. The Kier molecular flexibility index (Phi) is 4.21. The van der Waals surface area contributed by atoms with E-state index in [9.17, 15) is 9.90 Å². The molecule has 1 aromatic rings. The molecule has 2 aliphatic rings. The predicted molar refractivity (Wildman–Crippen MR) is 77.5 cm³/mol. The number of amides is 2. The molecule has 0 saturated heterocycles. The summed E-state index contributed by atoms with van der Waals surface area (Å²) in [5, 5.41) is 18.5. The van der Waals surface area contributed by atoms with Crippen LogP contribution in [-0.4, -0.2) is 28.3 Å². The van der Waals surface area contributed by atoms with Crippen molar-refractivity contribution in [3.05, 3.63) is 16.6 Å². The minimum Gasteiger partial charge on any atom is -0.393 e. The molecule has 0 radical (unpaired) electrons. The van der Waals surface area contributed by atoms with Gasteiger partial charge in [-0.05, 0) is 44.4 Å². The summed E-state index contributed by atoms with van der Waals surface area (Å²) in [5.41, 5.74) is 0. The maximum Gasteiger partial charge on any atom is 0.315 e. The van der Waals surface area contributed by atoms with Gasteiger partial charge in [-0.1, -0.05) is 0 Å². The van der Waals surface area contributed by atoms with Crippen LogP contribution in [0, 0.1) is 5.92 Å². The van der Waals surface area contributed by atoms with Gasteiger partial charge in [-0.15, -0.1) is 11.3 Å². The van der Waals surface area contributed by atoms with Crippen molar-refractivity contribution in [2.45, 2.75) is 56.7 Å². The van der Waals surface area contributed by atoms with Gasteiger partial charge in [-0.2, -0.15) is 0 Å². The summed E-state index contributed by atoms with van der Waals surface area (Å²) in [6, 6.07) is 0.150. The van der Waals surface area contributed by atoms with E-state index in [0.717, 1.165) is 30.7 Å². The Balaban J connectivity index is 1.52. The smallest absolute Gasteiger partial charge is 0.315 e. The average molecular weight is 295 g/mol. The highest BCUT2D eigenvalue weighted by Gasteiger charge is 2.35. The van der Waals surface area contributed by atoms with E-state index in [1.54, 1.807) is 17.5 Å². The molecule has 3 N–H and O–H groups in total. The highest BCUT2D eigenvalue weighted by molar-refractivity contribution is 7.09. The molecule has 1 heterocycles. The lowest BCUT2D eigenvalue weighted by molar-refractivity contribution is 0.117. The first-order valence-electron chi connectivity index (χ1n) is 7.37. The molecule has 3 rings (SSSR count). The van der Waals surface area contributed by atoms with Crippen molar-refractivity contribution < 1.29 is 9.90 Å². The maximum absolute atomic E-state index is 12.1. The molecule has 0 bridgehead atoms. The van der Waals surface area contributed by atoms with Crippen LogP contribution in [0.25, 0.3) is 0 Å². The standard InChI is InChI=1S/C14H21N3O2S/c18-11-5-3-10(4-6-11)16-14(19)17-12(9-1-2-9)13-15-7-8-20-13/h7-12,18H,1-6H2,(H2,16,17,19). The number of hydrogen-bond donors (Lipinski definition) is 3. The first-order valence-corrected chi connectivity index (χ1v) is 8.25. The molecule has 0 aliphatic heterocycles. The van der Waals surface area contributed by atoms with Gasteiger partial charge in [-0.25, -0.2) is 9.78 Å². The third-order valence-electron chi connectivity index (χ3n) is 4.13. The van der Waals surface area contributed by atoms with Gasteiger partial charge in [-0.3, -0.25) is 0 Å². The second kappa shape index (κ2) is 6.10. The topological polar surface area (TPSA) is 74.2 Å². The Morgan fingerprint density at radius 3 is 2.65 bits per heavy atom. The zero-order valence-corrected chi connectivity index (χ0v) is 12.2. The number of nitrogens with one attached hydrogen (secondary N) is 2. The van der Waals surface area contributed by atoms with Gasteiger partial charge in [0.2, 0.25) is 0 Å². The Morgan fingerprint density at radius 2 is 2.05 bits per heavy atom. The molecule has 2 saturated carbocycles. The van der Waals surface area contributed by atoms with Gasteiger partial charge < -0.3 is 15.7 Å². The summed E-state index contributed by atoms with van der Waals surface area (Å²) in [5.74, 6) is 0.542. The number of urea groups is 1. The molecular formula is C14H21N3O2S. The van der Waals surface area contributed by atoms with E-state index in [0.29, 0.717) is 5.92 Å². The van der Waals surface area contributed by atoms with E-state index in [1.165, 1.54) is 12.8 Å². The Morgan fingerprint density at radius 1 is 1.30 bits per heavy atom. The van der Waals surface area contributed by atoms with Gasteiger partial charge in [0.15, 0.2) is 0 Å². The van der Waals surface area contributed by atoms with E-state index in [4.69, 9.17) is 0 Å². The second-order valence-corrected chi connectivity index (χ2v) is 6.73. The predicted octanol–water partition coefficient (Wildman–Crippen LogP) is 2.20. The monoisotopic (exact) mass is 295 g/mol. The van der Waals surface area contributed by atoms with E-state index >= 15 is 0 Å². The number of thiazole rings is 1. The fourth-order valence-electron chi connectivity index (χ4n) is 2.79. The van der Waals surface area contributed by atoms with Crippen molar-refractivity contribution in [1.82, 2.24) is 15.6 Å². The lowest BCUT2D eigenvalue weighted by atomic mass is 9.93. The molecule has 5 nitrogen and oxygen atoms in total. The first kappa shape index (κ1) is 13.8. The van der Waals surface area contributed by atoms with Gasteiger partial charge in [0.1, 0.15) is 5.01 Å². The molecule has 2 aliphatic carbocycles.